The van der Waals surface area contributed by atoms with E-state index in [0.717, 1.165) is 18.0 Å². The molecule has 0 amide bonds. The monoisotopic (exact) mass is 246 g/mol. The lowest BCUT2D eigenvalue weighted by Crippen LogP contribution is -2.01. The molecule has 0 aliphatic carbocycles. The number of hydrogen-bond donors (Lipinski definition) is 1. The van der Waals surface area contributed by atoms with Crippen LogP contribution in [0.2, 0.25) is 0 Å². The van der Waals surface area contributed by atoms with Crippen LogP contribution in [0, 0.1) is 0 Å². The van der Waals surface area contributed by atoms with E-state index in [0.29, 0.717) is 19.0 Å². The number of nitrogens with two attached hydrogens (primary N) is 1. The number of aromatic nitrogens is 3. The fourth-order valence-electron chi connectivity index (χ4n) is 1.77. The van der Waals surface area contributed by atoms with Crippen molar-refractivity contribution in [3.8, 4) is 5.75 Å². The standard InChI is InChI=1S/C13H18N4O/c1-3-18-11-6-4-10(5-7-11)8-13-15-12(9-14)16-17(13)2/h4-7H,3,8-9,14H2,1-2H3. The lowest BCUT2D eigenvalue weighted by atomic mass is 10.1. The molecule has 0 spiro atoms. The van der Waals surface area contributed by atoms with Crippen LogP contribution >= 0.6 is 0 Å². The Hall–Kier alpha value is -1.88. The molecule has 5 heteroatoms. The highest BCUT2D eigenvalue weighted by molar-refractivity contribution is 5.28. The van der Waals surface area contributed by atoms with Gasteiger partial charge in [-0.25, -0.2) is 4.98 Å². The Morgan fingerprint density at radius 3 is 2.56 bits per heavy atom. The van der Waals surface area contributed by atoms with E-state index in [1.165, 1.54) is 5.56 Å². The Kier molecular flexibility index (Phi) is 3.94. The molecular formula is C13H18N4O. The van der Waals surface area contributed by atoms with Crippen LogP contribution in [-0.2, 0) is 20.0 Å². The van der Waals surface area contributed by atoms with E-state index >= 15 is 0 Å². The Morgan fingerprint density at radius 2 is 2.00 bits per heavy atom. The quantitative estimate of drug-likeness (QED) is 0.862. The first-order valence-corrected chi connectivity index (χ1v) is 6.03. The average Bonchev–Trinajstić information content (AvgIpc) is 2.73. The van der Waals surface area contributed by atoms with Crippen molar-refractivity contribution in [2.75, 3.05) is 6.61 Å². The number of hydrogen-bond acceptors (Lipinski definition) is 4. The van der Waals surface area contributed by atoms with Gasteiger partial charge in [-0.1, -0.05) is 12.1 Å². The molecule has 0 unspecified atom stereocenters. The molecule has 2 N–H and O–H groups in total. The summed E-state index contributed by atoms with van der Waals surface area (Å²) < 4.78 is 7.18. The average molecular weight is 246 g/mol. The Balaban J connectivity index is 2.10. The van der Waals surface area contributed by atoms with Crippen LogP contribution in [0.15, 0.2) is 24.3 Å². The third-order valence-electron chi connectivity index (χ3n) is 2.68. The largest absolute Gasteiger partial charge is 0.494 e. The van der Waals surface area contributed by atoms with E-state index in [4.69, 9.17) is 10.5 Å². The van der Waals surface area contributed by atoms with Gasteiger partial charge < -0.3 is 10.5 Å². The third-order valence-corrected chi connectivity index (χ3v) is 2.68. The fraction of sp³-hybridized carbons (Fsp3) is 0.385. The van der Waals surface area contributed by atoms with Gasteiger partial charge in [-0.2, -0.15) is 5.10 Å². The van der Waals surface area contributed by atoms with E-state index in [1.807, 2.05) is 38.2 Å². The number of benzene rings is 1. The summed E-state index contributed by atoms with van der Waals surface area (Å²) in [4.78, 5) is 4.38. The summed E-state index contributed by atoms with van der Waals surface area (Å²) >= 11 is 0. The van der Waals surface area contributed by atoms with Gasteiger partial charge in [0.05, 0.1) is 13.2 Å². The molecule has 1 heterocycles. The smallest absolute Gasteiger partial charge is 0.164 e. The second kappa shape index (κ2) is 5.64. The summed E-state index contributed by atoms with van der Waals surface area (Å²) in [5.41, 5.74) is 6.70. The maximum atomic E-state index is 5.52. The molecule has 18 heavy (non-hydrogen) atoms. The molecule has 5 nitrogen and oxygen atoms in total. The first kappa shape index (κ1) is 12.6. The molecule has 0 aliphatic rings. The van der Waals surface area contributed by atoms with Gasteiger partial charge >= 0.3 is 0 Å². The van der Waals surface area contributed by atoms with Gasteiger partial charge in [-0.15, -0.1) is 0 Å². The topological polar surface area (TPSA) is 66.0 Å². The summed E-state index contributed by atoms with van der Waals surface area (Å²) in [5.74, 6) is 2.49. The highest BCUT2D eigenvalue weighted by Gasteiger charge is 2.06. The van der Waals surface area contributed by atoms with Crippen molar-refractivity contribution in [2.45, 2.75) is 19.9 Å². The van der Waals surface area contributed by atoms with E-state index in [-0.39, 0.29) is 0 Å². The minimum atomic E-state index is 0.372. The lowest BCUT2D eigenvalue weighted by molar-refractivity contribution is 0.340. The maximum absolute atomic E-state index is 5.52. The summed E-state index contributed by atoms with van der Waals surface area (Å²) in [6.07, 6.45) is 0.746. The molecule has 0 radical (unpaired) electrons. The van der Waals surface area contributed by atoms with Crippen molar-refractivity contribution in [1.82, 2.24) is 14.8 Å². The van der Waals surface area contributed by atoms with Crippen molar-refractivity contribution in [1.29, 1.82) is 0 Å². The fourth-order valence-corrected chi connectivity index (χ4v) is 1.77. The predicted octanol–water partition coefficient (Wildman–Crippen LogP) is 1.26. The van der Waals surface area contributed by atoms with Crippen LogP contribution < -0.4 is 10.5 Å². The molecule has 0 saturated heterocycles. The van der Waals surface area contributed by atoms with Gasteiger partial charge in [0.2, 0.25) is 0 Å². The molecule has 2 aromatic rings. The summed E-state index contributed by atoms with van der Waals surface area (Å²) in [5, 5.41) is 4.23. The van der Waals surface area contributed by atoms with Crippen molar-refractivity contribution in [3.63, 3.8) is 0 Å². The van der Waals surface area contributed by atoms with E-state index < -0.39 is 0 Å². The van der Waals surface area contributed by atoms with E-state index in [9.17, 15) is 0 Å². The number of nitrogens with zero attached hydrogens (tertiary/aromatic N) is 3. The summed E-state index contributed by atoms with van der Waals surface area (Å²) in [7, 11) is 1.88. The van der Waals surface area contributed by atoms with Crippen LogP contribution in [0.3, 0.4) is 0 Å². The van der Waals surface area contributed by atoms with Crippen molar-refractivity contribution in [2.24, 2.45) is 12.8 Å². The predicted molar refractivity (Wildman–Crippen MR) is 69.3 cm³/mol. The second-order valence-corrected chi connectivity index (χ2v) is 4.03. The number of aryl methyl sites for hydroxylation is 1. The molecule has 0 aliphatic heterocycles. The second-order valence-electron chi connectivity index (χ2n) is 4.03. The molecular weight excluding hydrogens is 228 g/mol. The highest BCUT2D eigenvalue weighted by Crippen LogP contribution is 2.14. The zero-order chi connectivity index (χ0) is 13.0. The Bertz CT molecular complexity index is 504. The molecule has 0 fully saturated rings. The minimum absolute atomic E-state index is 0.372. The zero-order valence-electron chi connectivity index (χ0n) is 10.8. The highest BCUT2D eigenvalue weighted by atomic mass is 16.5. The zero-order valence-corrected chi connectivity index (χ0v) is 10.8. The van der Waals surface area contributed by atoms with Crippen LogP contribution in [-0.4, -0.2) is 21.4 Å². The molecule has 0 saturated carbocycles. The van der Waals surface area contributed by atoms with Crippen molar-refractivity contribution >= 4 is 0 Å². The van der Waals surface area contributed by atoms with Crippen LogP contribution in [0.5, 0.6) is 5.75 Å². The first-order chi connectivity index (χ1) is 8.72. The van der Waals surface area contributed by atoms with Crippen LogP contribution in [0.4, 0.5) is 0 Å². The van der Waals surface area contributed by atoms with Gasteiger partial charge in [0.25, 0.3) is 0 Å². The van der Waals surface area contributed by atoms with E-state index in [2.05, 4.69) is 10.1 Å². The normalized spacial score (nSPS) is 10.6. The molecule has 1 aromatic carbocycles. The first-order valence-electron chi connectivity index (χ1n) is 6.03. The maximum Gasteiger partial charge on any atom is 0.164 e. The molecule has 1 aromatic heterocycles. The van der Waals surface area contributed by atoms with Gasteiger partial charge in [-0.05, 0) is 24.6 Å². The van der Waals surface area contributed by atoms with Gasteiger partial charge in [-0.3, -0.25) is 4.68 Å². The third kappa shape index (κ3) is 2.87. The van der Waals surface area contributed by atoms with Crippen molar-refractivity contribution < 1.29 is 4.74 Å². The van der Waals surface area contributed by atoms with Gasteiger partial charge in [0, 0.05) is 13.5 Å². The van der Waals surface area contributed by atoms with Crippen molar-refractivity contribution in [3.05, 3.63) is 41.5 Å². The number of ether oxygens (including phenoxy) is 1. The van der Waals surface area contributed by atoms with Crippen LogP contribution in [0.1, 0.15) is 24.1 Å². The Morgan fingerprint density at radius 1 is 1.28 bits per heavy atom. The Labute approximate surface area is 107 Å². The van der Waals surface area contributed by atoms with Gasteiger partial charge in [0.15, 0.2) is 5.82 Å². The molecule has 0 bridgehead atoms. The number of rotatable bonds is 5. The molecule has 2 rings (SSSR count). The SMILES string of the molecule is CCOc1ccc(Cc2nc(CN)nn2C)cc1. The van der Waals surface area contributed by atoms with Gasteiger partial charge in [0.1, 0.15) is 11.6 Å². The summed E-state index contributed by atoms with van der Waals surface area (Å²) in [6.45, 7) is 3.03. The van der Waals surface area contributed by atoms with E-state index in [1.54, 1.807) is 4.68 Å². The lowest BCUT2D eigenvalue weighted by Gasteiger charge is -2.04. The summed E-state index contributed by atoms with van der Waals surface area (Å²) in [6, 6.07) is 8.03. The molecule has 96 valence electrons. The molecule has 0 atom stereocenters. The van der Waals surface area contributed by atoms with Crippen LogP contribution in [0.25, 0.3) is 0 Å². The minimum Gasteiger partial charge on any atom is -0.494 e.